The lowest BCUT2D eigenvalue weighted by Gasteiger charge is -2.04. The van der Waals surface area contributed by atoms with Gasteiger partial charge in [-0.05, 0) is 6.07 Å². The molecule has 0 amide bonds. The van der Waals surface area contributed by atoms with Crippen molar-refractivity contribution in [3.8, 4) is 0 Å². The minimum absolute atomic E-state index is 0.600. The van der Waals surface area contributed by atoms with E-state index in [4.69, 9.17) is 0 Å². The largest absolute Gasteiger partial charge is 0.359 e. The van der Waals surface area contributed by atoms with Gasteiger partial charge in [0.2, 0.25) is 0 Å². The lowest BCUT2D eigenvalue weighted by molar-refractivity contribution is 0.867. The zero-order chi connectivity index (χ0) is 9.80. The molecular weight excluding hydrogens is 196 g/mol. The van der Waals surface area contributed by atoms with E-state index in [9.17, 15) is 0 Å². The third-order valence-corrected chi connectivity index (χ3v) is 2.92. The van der Waals surface area contributed by atoms with Gasteiger partial charge in [-0.3, -0.25) is 4.99 Å². The van der Waals surface area contributed by atoms with Gasteiger partial charge in [0.1, 0.15) is 6.33 Å². The number of nitrogens with one attached hydrogen (secondary N) is 1. The van der Waals surface area contributed by atoms with Gasteiger partial charge in [-0.1, -0.05) is 18.7 Å². The predicted octanol–water partition coefficient (Wildman–Crippen LogP) is 1.06. The van der Waals surface area contributed by atoms with E-state index in [2.05, 4.69) is 27.2 Å². The summed E-state index contributed by atoms with van der Waals surface area (Å²) < 4.78 is 0. The summed E-state index contributed by atoms with van der Waals surface area (Å²) in [5, 5.41) is 4.88. The highest BCUT2D eigenvalue weighted by atomic mass is 32.2. The normalized spacial score (nSPS) is 20.6. The van der Waals surface area contributed by atoms with Gasteiger partial charge in [-0.25, -0.2) is 9.97 Å². The lowest BCUT2D eigenvalue weighted by atomic mass is 10.4. The van der Waals surface area contributed by atoms with Gasteiger partial charge in [0.25, 0.3) is 0 Å². The maximum Gasteiger partial charge on any atom is 0.157 e. The molecule has 1 atom stereocenters. The molecule has 2 heterocycles. The van der Waals surface area contributed by atoms with E-state index in [1.54, 1.807) is 24.3 Å². The number of rotatable bonds is 2. The summed E-state index contributed by atoms with van der Waals surface area (Å²) in [6, 6.07) is 1.90. The summed E-state index contributed by atoms with van der Waals surface area (Å²) in [5.74, 6) is 0. The summed E-state index contributed by atoms with van der Waals surface area (Å²) in [6.45, 7) is 3.81. The smallest absolute Gasteiger partial charge is 0.157 e. The molecule has 1 aliphatic rings. The van der Waals surface area contributed by atoms with Crippen LogP contribution in [0.3, 0.4) is 0 Å². The SMILES string of the molecule is CC1CN=C(NCc2ccncn2)S1. The number of thioether (sulfide) groups is 1. The molecule has 0 bridgehead atoms. The van der Waals surface area contributed by atoms with E-state index in [-0.39, 0.29) is 0 Å². The summed E-state index contributed by atoms with van der Waals surface area (Å²) in [5.41, 5.74) is 0.989. The topological polar surface area (TPSA) is 50.2 Å². The zero-order valence-electron chi connectivity index (χ0n) is 7.97. The van der Waals surface area contributed by atoms with Gasteiger partial charge in [0.05, 0.1) is 18.8 Å². The molecule has 1 aliphatic heterocycles. The molecule has 2 rings (SSSR count). The highest BCUT2D eigenvalue weighted by molar-refractivity contribution is 8.14. The molecule has 5 heteroatoms. The van der Waals surface area contributed by atoms with Crippen molar-refractivity contribution >= 4 is 16.9 Å². The maximum absolute atomic E-state index is 4.36. The van der Waals surface area contributed by atoms with Crippen LogP contribution in [0, 0.1) is 0 Å². The third kappa shape index (κ3) is 2.45. The second-order valence-corrected chi connectivity index (χ2v) is 4.56. The first-order valence-electron chi connectivity index (χ1n) is 4.54. The quantitative estimate of drug-likeness (QED) is 0.789. The molecule has 1 aromatic rings. The van der Waals surface area contributed by atoms with Crippen LogP contribution in [0.25, 0.3) is 0 Å². The molecule has 0 radical (unpaired) electrons. The van der Waals surface area contributed by atoms with E-state index in [0.717, 1.165) is 24.0 Å². The van der Waals surface area contributed by atoms with E-state index in [0.29, 0.717) is 5.25 Å². The van der Waals surface area contributed by atoms with Crippen molar-refractivity contribution < 1.29 is 0 Å². The third-order valence-electron chi connectivity index (χ3n) is 1.87. The standard InChI is InChI=1S/C9H12N4S/c1-7-4-11-9(14-7)12-5-8-2-3-10-6-13-8/h2-3,6-7H,4-5H2,1H3,(H,11,12). The van der Waals surface area contributed by atoms with E-state index in [1.807, 2.05) is 6.07 Å². The Bertz CT molecular complexity index is 325. The predicted molar refractivity (Wildman–Crippen MR) is 58.2 cm³/mol. The fraction of sp³-hybridized carbons (Fsp3) is 0.444. The van der Waals surface area contributed by atoms with Crippen LogP contribution in [0.1, 0.15) is 12.6 Å². The van der Waals surface area contributed by atoms with Gasteiger partial charge in [0.15, 0.2) is 5.17 Å². The molecule has 1 N–H and O–H groups in total. The molecule has 4 nitrogen and oxygen atoms in total. The van der Waals surface area contributed by atoms with Crippen molar-refractivity contribution in [1.82, 2.24) is 15.3 Å². The molecule has 14 heavy (non-hydrogen) atoms. The monoisotopic (exact) mass is 208 g/mol. The van der Waals surface area contributed by atoms with Crippen molar-refractivity contribution in [3.63, 3.8) is 0 Å². The number of hydrogen-bond donors (Lipinski definition) is 1. The van der Waals surface area contributed by atoms with E-state index in [1.165, 1.54) is 0 Å². The van der Waals surface area contributed by atoms with Gasteiger partial charge < -0.3 is 5.32 Å². The molecule has 1 unspecified atom stereocenters. The maximum atomic E-state index is 4.36. The van der Waals surface area contributed by atoms with Crippen molar-refractivity contribution in [3.05, 3.63) is 24.3 Å². The molecule has 74 valence electrons. The Kier molecular flexibility index (Phi) is 2.98. The van der Waals surface area contributed by atoms with Crippen LogP contribution in [-0.4, -0.2) is 26.9 Å². The molecule has 0 saturated carbocycles. The van der Waals surface area contributed by atoms with Crippen molar-refractivity contribution in [2.24, 2.45) is 4.99 Å². The average molecular weight is 208 g/mol. The molecule has 0 fully saturated rings. The number of hydrogen-bond acceptors (Lipinski definition) is 5. The van der Waals surface area contributed by atoms with Crippen molar-refractivity contribution in [1.29, 1.82) is 0 Å². The highest BCUT2D eigenvalue weighted by Crippen LogP contribution is 2.18. The summed E-state index contributed by atoms with van der Waals surface area (Å²) >= 11 is 1.78. The summed E-state index contributed by atoms with van der Waals surface area (Å²) in [7, 11) is 0. The average Bonchev–Trinajstić information content (AvgIpc) is 2.63. The number of aromatic nitrogens is 2. The Morgan fingerprint density at radius 1 is 1.64 bits per heavy atom. The Balaban J connectivity index is 1.84. The fourth-order valence-corrected chi connectivity index (χ4v) is 2.00. The first kappa shape index (κ1) is 9.45. The van der Waals surface area contributed by atoms with Crippen molar-refractivity contribution in [2.45, 2.75) is 18.7 Å². The van der Waals surface area contributed by atoms with Gasteiger partial charge in [-0.15, -0.1) is 0 Å². The van der Waals surface area contributed by atoms with Crippen LogP contribution in [0.4, 0.5) is 0 Å². The van der Waals surface area contributed by atoms with E-state index < -0.39 is 0 Å². The van der Waals surface area contributed by atoms with Crippen LogP contribution < -0.4 is 5.32 Å². The number of amidine groups is 1. The highest BCUT2D eigenvalue weighted by Gasteiger charge is 2.13. The second-order valence-electron chi connectivity index (χ2n) is 3.13. The minimum Gasteiger partial charge on any atom is -0.359 e. The second kappa shape index (κ2) is 4.41. The molecule has 0 aromatic carbocycles. The van der Waals surface area contributed by atoms with Gasteiger partial charge in [0, 0.05) is 11.4 Å². The summed E-state index contributed by atoms with van der Waals surface area (Å²) in [6.07, 6.45) is 3.31. The Hall–Kier alpha value is -1.10. The van der Waals surface area contributed by atoms with Crippen LogP contribution in [0.15, 0.2) is 23.6 Å². The van der Waals surface area contributed by atoms with Crippen molar-refractivity contribution in [2.75, 3.05) is 6.54 Å². The zero-order valence-corrected chi connectivity index (χ0v) is 8.79. The summed E-state index contributed by atoms with van der Waals surface area (Å²) in [4.78, 5) is 12.3. The first-order valence-corrected chi connectivity index (χ1v) is 5.42. The first-order chi connectivity index (χ1) is 6.84. The number of aliphatic imine (C=N–C) groups is 1. The molecule has 1 aromatic heterocycles. The van der Waals surface area contributed by atoms with Gasteiger partial charge in [-0.2, -0.15) is 0 Å². The Labute approximate surface area is 87.3 Å². The fourth-order valence-electron chi connectivity index (χ4n) is 1.16. The Morgan fingerprint density at radius 2 is 2.57 bits per heavy atom. The molecule has 0 saturated heterocycles. The Morgan fingerprint density at radius 3 is 3.21 bits per heavy atom. The molecular formula is C9H12N4S. The molecule has 0 aliphatic carbocycles. The molecule has 0 spiro atoms. The van der Waals surface area contributed by atoms with Crippen LogP contribution in [0.2, 0.25) is 0 Å². The van der Waals surface area contributed by atoms with Crippen LogP contribution >= 0.6 is 11.8 Å². The minimum atomic E-state index is 0.600. The van der Waals surface area contributed by atoms with Gasteiger partial charge >= 0.3 is 0 Å². The lowest BCUT2D eigenvalue weighted by Crippen LogP contribution is -2.19. The number of nitrogens with zero attached hydrogens (tertiary/aromatic N) is 3. The van der Waals surface area contributed by atoms with Crippen LogP contribution in [-0.2, 0) is 6.54 Å². The van der Waals surface area contributed by atoms with Crippen LogP contribution in [0.5, 0.6) is 0 Å². The van der Waals surface area contributed by atoms with E-state index >= 15 is 0 Å².